The number of rotatable bonds is 3. The number of hydrazine groups is 1. The largest absolute Gasteiger partial charge is 0.350 e. The summed E-state index contributed by atoms with van der Waals surface area (Å²) in [5.41, 5.74) is 3.77. The molecule has 0 fully saturated rings. The zero-order valence-corrected chi connectivity index (χ0v) is 13.2. The van der Waals surface area contributed by atoms with Gasteiger partial charge in [0.1, 0.15) is 4.90 Å². The Morgan fingerprint density at radius 1 is 1.43 bits per heavy atom. The van der Waals surface area contributed by atoms with Crippen molar-refractivity contribution in [3.63, 3.8) is 0 Å². The van der Waals surface area contributed by atoms with Gasteiger partial charge in [0.05, 0.1) is 11.1 Å². The predicted octanol–water partition coefficient (Wildman–Crippen LogP) is 2.24. The van der Waals surface area contributed by atoms with Gasteiger partial charge in [-0.1, -0.05) is 30.7 Å². The van der Waals surface area contributed by atoms with Crippen LogP contribution in [-0.2, 0) is 10.0 Å². The lowest BCUT2D eigenvalue weighted by Gasteiger charge is -2.23. The van der Waals surface area contributed by atoms with E-state index < -0.39 is 16.1 Å². The molecule has 1 atom stereocenters. The molecule has 1 aromatic rings. The standard InChI is InChI=1S/C13H16ClN3O3S/c1-3-10-8-15-17(9(10)2)13(18)16-21(19,20)12-7-5-4-6-11(12)14/h4-9,15H,3H2,1-2H3,(H,16,18). The first-order valence-electron chi connectivity index (χ1n) is 6.42. The maximum Gasteiger partial charge on any atom is 0.350 e. The van der Waals surface area contributed by atoms with Gasteiger partial charge in [0.15, 0.2) is 0 Å². The van der Waals surface area contributed by atoms with Gasteiger partial charge in [-0.3, -0.25) is 0 Å². The molecule has 114 valence electrons. The molecular formula is C13H16ClN3O3S. The number of amides is 2. The van der Waals surface area contributed by atoms with E-state index in [0.29, 0.717) is 0 Å². The number of carbonyl (C=O) groups excluding carboxylic acids is 1. The molecule has 8 heteroatoms. The van der Waals surface area contributed by atoms with Crippen LogP contribution in [0.1, 0.15) is 20.3 Å². The van der Waals surface area contributed by atoms with Gasteiger partial charge in [0.25, 0.3) is 10.0 Å². The van der Waals surface area contributed by atoms with E-state index >= 15 is 0 Å². The highest BCUT2D eigenvalue weighted by molar-refractivity contribution is 7.90. The van der Waals surface area contributed by atoms with E-state index in [0.717, 1.165) is 12.0 Å². The molecular weight excluding hydrogens is 314 g/mol. The van der Waals surface area contributed by atoms with Crippen LogP contribution in [0.15, 0.2) is 40.9 Å². The number of hydrogen-bond acceptors (Lipinski definition) is 4. The molecule has 1 aromatic carbocycles. The fourth-order valence-corrected chi connectivity index (χ4v) is 3.53. The summed E-state index contributed by atoms with van der Waals surface area (Å²) >= 11 is 5.86. The topological polar surface area (TPSA) is 78.5 Å². The summed E-state index contributed by atoms with van der Waals surface area (Å²) in [5, 5.41) is 1.29. The van der Waals surface area contributed by atoms with Crippen molar-refractivity contribution in [1.29, 1.82) is 0 Å². The van der Waals surface area contributed by atoms with Crippen LogP contribution in [0.25, 0.3) is 0 Å². The first-order valence-corrected chi connectivity index (χ1v) is 8.28. The maximum atomic E-state index is 12.2. The highest BCUT2D eigenvalue weighted by atomic mass is 35.5. The van der Waals surface area contributed by atoms with Crippen LogP contribution in [0.5, 0.6) is 0 Å². The van der Waals surface area contributed by atoms with Crippen LogP contribution >= 0.6 is 11.6 Å². The molecule has 2 rings (SSSR count). The molecule has 0 aromatic heterocycles. The number of halogens is 1. The molecule has 0 saturated heterocycles. The molecule has 21 heavy (non-hydrogen) atoms. The van der Waals surface area contributed by atoms with Crippen molar-refractivity contribution >= 4 is 27.7 Å². The second kappa shape index (κ2) is 5.95. The normalized spacial score (nSPS) is 18.1. The van der Waals surface area contributed by atoms with E-state index in [1.54, 1.807) is 18.3 Å². The van der Waals surface area contributed by atoms with Crippen LogP contribution in [0.3, 0.4) is 0 Å². The monoisotopic (exact) mass is 329 g/mol. The molecule has 0 saturated carbocycles. The predicted molar refractivity (Wildman–Crippen MR) is 80.0 cm³/mol. The first-order chi connectivity index (χ1) is 9.86. The van der Waals surface area contributed by atoms with Crippen LogP contribution in [0.2, 0.25) is 5.02 Å². The van der Waals surface area contributed by atoms with Gasteiger partial charge in [-0.25, -0.2) is 22.9 Å². The Bertz CT molecular complexity index is 688. The average Bonchev–Trinajstić information content (AvgIpc) is 2.79. The molecule has 0 bridgehead atoms. The summed E-state index contributed by atoms with van der Waals surface area (Å²) in [6.07, 6.45) is 2.47. The minimum atomic E-state index is -4.01. The van der Waals surface area contributed by atoms with Crippen molar-refractivity contribution in [3.05, 3.63) is 41.1 Å². The summed E-state index contributed by atoms with van der Waals surface area (Å²) in [4.78, 5) is 12.0. The van der Waals surface area contributed by atoms with Gasteiger partial charge in [0.2, 0.25) is 0 Å². The molecule has 0 spiro atoms. The summed E-state index contributed by atoms with van der Waals surface area (Å²) in [7, 11) is -4.01. The van der Waals surface area contributed by atoms with Crippen molar-refractivity contribution in [2.24, 2.45) is 0 Å². The molecule has 0 aliphatic carbocycles. The number of benzene rings is 1. The number of carbonyl (C=O) groups is 1. The van der Waals surface area contributed by atoms with Crippen molar-refractivity contribution in [1.82, 2.24) is 15.2 Å². The Kier molecular flexibility index (Phi) is 4.43. The minimum absolute atomic E-state index is 0.0626. The van der Waals surface area contributed by atoms with E-state index in [1.165, 1.54) is 17.1 Å². The van der Waals surface area contributed by atoms with Crippen molar-refractivity contribution < 1.29 is 13.2 Å². The number of nitrogens with one attached hydrogen (secondary N) is 2. The van der Waals surface area contributed by atoms with E-state index in [-0.39, 0.29) is 16.0 Å². The lowest BCUT2D eigenvalue weighted by molar-refractivity contribution is 0.182. The van der Waals surface area contributed by atoms with E-state index in [1.807, 2.05) is 18.6 Å². The van der Waals surface area contributed by atoms with Gasteiger partial charge >= 0.3 is 6.03 Å². The number of sulfonamides is 1. The minimum Gasteiger partial charge on any atom is -0.301 e. The zero-order valence-electron chi connectivity index (χ0n) is 11.6. The van der Waals surface area contributed by atoms with Crippen molar-refractivity contribution in [2.45, 2.75) is 31.2 Å². The van der Waals surface area contributed by atoms with Gasteiger partial charge in [-0.15, -0.1) is 0 Å². The lowest BCUT2D eigenvalue weighted by Crippen LogP contribution is -2.49. The Morgan fingerprint density at radius 3 is 2.67 bits per heavy atom. The second-order valence-electron chi connectivity index (χ2n) is 4.59. The molecule has 6 nitrogen and oxygen atoms in total. The van der Waals surface area contributed by atoms with Crippen molar-refractivity contribution in [3.8, 4) is 0 Å². The molecule has 1 aliphatic rings. The summed E-state index contributed by atoms with van der Waals surface area (Å²) in [5.74, 6) is 0. The summed E-state index contributed by atoms with van der Waals surface area (Å²) in [6, 6.07) is 4.99. The summed E-state index contributed by atoms with van der Waals surface area (Å²) < 4.78 is 26.4. The smallest absolute Gasteiger partial charge is 0.301 e. The molecule has 1 aliphatic heterocycles. The fraction of sp³-hybridized carbons (Fsp3) is 0.308. The second-order valence-corrected chi connectivity index (χ2v) is 6.65. The Labute approximate surface area is 128 Å². The van der Waals surface area contributed by atoms with E-state index in [9.17, 15) is 13.2 Å². The highest BCUT2D eigenvalue weighted by Gasteiger charge is 2.30. The average molecular weight is 330 g/mol. The Balaban J connectivity index is 2.15. The van der Waals surface area contributed by atoms with Crippen LogP contribution in [-0.4, -0.2) is 25.5 Å². The van der Waals surface area contributed by atoms with Gasteiger partial charge < -0.3 is 5.43 Å². The molecule has 1 heterocycles. The third-order valence-electron chi connectivity index (χ3n) is 3.29. The Morgan fingerprint density at radius 2 is 2.10 bits per heavy atom. The number of nitrogens with zero attached hydrogens (tertiary/aromatic N) is 1. The van der Waals surface area contributed by atoms with E-state index in [4.69, 9.17) is 11.6 Å². The Hall–Kier alpha value is -1.73. The van der Waals surface area contributed by atoms with Crippen LogP contribution in [0.4, 0.5) is 4.79 Å². The molecule has 2 N–H and O–H groups in total. The summed E-state index contributed by atoms with van der Waals surface area (Å²) in [6.45, 7) is 3.78. The lowest BCUT2D eigenvalue weighted by atomic mass is 10.1. The van der Waals surface area contributed by atoms with Crippen molar-refractivity contribution in [2.75, 3.05) is 0 Å². The van der Waals surface area contributed by atoms with Gasteiger partial charge in [-0.05, 0) is 31.1 Å². The zero-order chi connectivity index (χ0) is 15.6. The third-order valence-corrected chi connectivity index (χ3v) is 5.11. The SMILES string of the molecule is CCC1=CNN(C(=O)NS(=O)(=O)c2ccccc2Cl)C1C. The van der Waals surface area contributed by atoms with Gasteiger partial charge in [-0.2, -0.15) is 0 Å². The first kappa shape index (κ1) is 15.7. The van der Waals surface area contributed by atoms with Crippen LogP contribution in [0, 0.1) is 0 Å². The fourth-order valence-electron chi connectivity index (χ4n) is 2.06. The number of hydrogen-bond donors (Lipinski definition) is 2. The number of urea groups is 1. The maximum absolute atomic E-state index is 12.2. The van der Waals surface area contributed by atoms with Gasteiger partial charge in [0, 0.05) is 6.20 Å². The third kappa shape index (κ3) is 3.14. The van der Waals surface area contributed by atoms with Crippen LogP contribution < -0.4 is 10.1 Å². The molecule has 1 unspecified atom stereocenters. The quantitative estimate of drug-likeness (QED) is 0.891. The highest BCUT2D eigenvalue weighted by Crippen LogP contribution is 2.21. The molecule has 0 radical (unpaired) electrons. The molecule has 2 amide bonds. The van der Waals surface area contributed by atoms with E-state index in [2.05, 4.69) is 5.43 Å².